The van der Waals surface area contributed by atoms with Crippen LogP contribution in [0.25, 0.3) is 0 Å². The van der Waals surface area contributed by atoms with E-state index in [9.17, 15) is 13.2 Å². The highest BCUT2D eigenvalue weighted by molar-refractivity contribution is 8.00. The molecular formula is C12H23ClN2O3S2. The number of carbonyl (C=O) groups is 1. The molecule has 0 spiro atoms. The lowest BCUT2D eigenvalue weighted by Crippen LogP contribution is -2.57. The summed E-state index contributed by atoms with van der Waals surface area (Å²) < 4.78 is 22.9. The van der Waals surface area contributed by atoms with Crippen LogP contribution >= 0.6 is 24.2 Å². The number of nitrogens with one attached hydrogen (secondary N) is 2. The van der Waals surface area contributed by atoms with E-state index in [-0.39, 0.29) is 18.3 Å². The molecule has 1 amide bonds. The van der Waals surface area contributed by atoms with Gasteiger partial charge >= 0.3 is 0 Å². The van der Waals surface area contributed by atoms with Gasteiger partial charge in [-0.2, -0.15) is 11.8 Å². The highest BCUT2D eigenvalue weighted by Gasteiger charge is 2.48. The van der Waals surface area contributed by atoms with Crippen LogP contribution in [0.15, 0.2) is 0 Å². The van der Waals surface area contributed by atoms with Crippen molar-refractivity contribution in [1.82, 2.24) is 10.6 Å². The lowest BCUT2D eigenvalue weighted by atomic mass is 9.96. The van der Waals surface area contributed by atoms with E-state index in [1.54, 1.807) is 0 Å². The number of hydrogen-bond acceptors (Lipinski definition) is 5. The Hall–Kier alpha value is 0.0200. The third-order valence-corrected chi connectivity index (χ3v) is 7.46. The maximum Gasteiger partial charge on any atom is 0.241 e. The van der Waals surface area contributed by atoms with Gasteiger partial charge in [0, 0.05) is 18.1 Å². The third-order valence-electron chi connectivity index (χ3n) is 4.05. The summed E-state index contributed by atoms with van der Waals surface area (Å²) in [6, 6.07) is 0. The normalized spacial score (nSPS) is 25.8. The maximum absolute atomic E-state index is 12.4. The molecule has 2 fully saturated rings. The van der Waals surface area contributed by atoms with E-state index >= 15 is 0 Å². The first-order valence-corrected chi connectivity index (χ1v) is 9.70. The van der Waals surface area contributed by atoms with Gasteiger partial charge in [-0.3, -0.25) is 4.79 Å². The van der Waals surface area contributed by atoms with Gasteiger partial charge in [0.05, 0.1) is 0 Å². The molecule has 8 heteroatoms. The molecule has 0 aliphatic carbocycles. The molecule has 2 rings (SSSR count). The fourth-order valence-corrected chi connectivity index (χ4v) is 5.33. The predicted octanol–water partition coefficient (Wildman–Crippen LogP) is 0.587. The summed E-state index contributed by atoms with van der Waals surface area (Å²) in [5, 5.41) is 6.44. The summed E-state index contributed by atoms with van der Waals surface area (Å²) in [6.07, 6.45) is 4.22. The van der Waals surface area contributed by atoms with E-state index in [2.05, 4.69) is 10.6 Å². The van der Waals surface area contributed by atoms with Crippen molar-refractivity contribution in [2.24, 2.45) is 0 Å². The summed E-state index contributed by atoms with van der Waals surface area (Å²) in [5.41, 5.74) is 0. The first-order valence-electron chi connectivity index (χ1n) is 6.76. The van der Waals surface area contributed by atoms with Crippen molar-refractivity contribution in [3.8, 4) is 0 Å². The topological polar surface area (TPSA) is 75.3 Å². The van der Waals surface area contributed by atoms with Gasteiger partial charge in [0.15, 0.2) is 14.6 Å². The van der Waals surface area contributed by atoms with Gasteiger partial charge in [-0.05, 0) is 44.5 Å². The van der Waals surface area contributed by atoms with Crippen molar-refractivity contribution < 1.29 is 13.2 Å². The van der Waals surface area contributed by atoms with Gasteiger partial charge in [-0.15, -0.1) is 12.4 Å². The second-order valence-electron chi connectivity index (χ2n) is 5.36. The first kappa shape index (κ1) is 18.1. The highest BCUT2D eigenvalue weighted by Crippen LogP contribution is 2.29. The van der Waals surface area contributed by atoms with Gasteiger partial charge < -0.3 is 10.6 Å². The number of carbonyl (C=O) groups excluding carboxylic acids is 1. The SMILES string of the molecule is CS(=O)(=O)C1(C(=O)NCC2CCCS2)CCNCC1.Cl. The van der Waals surface area contributed by atoms with Crippen molar-refractivity contribution in [3.05, 3.63) is 0 Å². The standard InChI is InChI=1S/C12H22N2O3S2.ClH/c1-19(16,17)12(4-6-13-7-5-12)11(15)14-9-10-3-2-8-18-10;/h10,13H,2-9H2,1H3,(H,14,15);1H. The number of hydrogen-bond donors (Lipinski definition) is 2. The number of thioether (sulfide) groups is 1. The first-order chi connectivity index (χ1) is 8.96. The van der Waals surface area contributed by atoms with E-state index in [4.69, 9.17) is 0 Å². The van der Waals surface area contributed by atoms with E-state index < -0.39 is 14.6 Å². The van der Waals surface area contributed by atoms with Crippen molar-refractivity contribution in [2.75, 3.05) is 31.6 Å². The number of sulfone groups is 1. The van der Waals surface area contributed by atoms with Gasteiger partial charge in [-0.25, -0.2) is 8.42 Å². The van der Waals surface area contributed by atoms with Crippen molar-refractivity contribution in [3.63, 3.8) is 0 Å². The maximum atomic E-state index is 12.4. The molecule has 5 nitrogen and oxygen atoms in total. The van der Waals surface area contributed by atoms with Crippen LogP contribution in [0, 0.1) is 0 Å². The molecule has 2 saturated heterocycles. The fourth-order valence-electron chi connectivity index (χ4n) is 2.77. The molecule has 0 aromatic carbocycles. The lowest BCUT2D eigenvalue weighted by molar-refractivity contribution is -0.124. The molecule has 2 aliphatic heterocycles. The molecule has 20 heavy (non-hydrogen) atoms. The molecule has 1 unspecified atom stereocenters. The van der Waals surface area contributed by atoms with Crippen LogP contribution in [0.1, 0.15) is 25.7 Å². The zero-order chi connectivity index (χ0) is 13.9. The average Bonchev–Trinajstić information content (AvgIpc) is 2.88. The highest BCUT2D eigenvalue weighted by atomic mass is 35.5. The number of halogens is 1. The number of amides is 1. The summed E-state index contributed by atoms with van der Waals surface area (Å²) >= 11 is 1.86. The quantitative estimate of drug-likeness (QED) is 0.782. The van der Waals surface area contributed by atoms with E-state index in [1.807, 2.05) is 11.8 Å². The molecule has 0 bridgehead atoms. The molecule has 0 aromatic rings. The van der Waals surface area contributed by atoms with E-state index in [1.165, 1.54) is 12.7 Å². The minimum absolute atomic E-state index is 0. The van der Waals surface area contributed by atoms with Gasteiger partial charge in [0.2, 0.25) is 5.91 Å². The van der Waals surface area contributed by atoms with Gasteiger partial charge in [0.25, 0.3) is 0 Å². The van der Waals surface area contributed by atoms with Crippen LogP contribution in [0.5, 0.6) is 0 Å². The van der Waals surface area contributed by atoms with Crippen molar-refractivity contribution in [2.45, 2.75) is 35.7 Å². The van der Waals surface area contributed by atoms with Crippen LogP contribution in [0.2, 0.25) is 0 Å². The van der Waals surface area contributed by atoms with Crippen molar-refractivity contribution >= 4 is 39.9 Å². The minimum atomic E-state index is -3.39. The molecule has 0 aromatic heterocycles. The molecular weight excluding hydrogens is 320 g/mol. The molecule has 2 aliphatic rings. The van der Waals surface area contributed by atoms with E-state index in [0.29, 0.717) is 37.7 Å². The van der Waals surface area contributed by atoms with Crippen LogP contribution < -0.4 is 10.6 Å². The van der Waals surface area contributed by atoms with Gasteiger partial charge in [-0.1, -0.05) is 0 Å². The Morgan fingerprint density at radius 3 is 2.55 bits per heavy atom. The smallest absolute Gasteiger partial charge is 0.241 e. The Balaban J connectivity index is 0.00000200. The van der Waals surface area contributed by atoms with Crippen LogP contribution in [0.4, 0.5) is 0 Å². The van der Waals surface area contributed by atoms with Crippen LogP contribution in [0.3, 0.4) is 0 Å². The van der Waals surface area contributed by atoms with Crippen molar-refractivity contribution in [1.29, 1.82) is 0 Å². The Morgan fingerprint density at radius 1 is 1.40 bits per heavy atom. The largest absolute Gasteiger partial charge is 0.354 e. The third kappa shape index (κ3) is 3.81. The zero-order valence-corrected chi connectivity index (χ0v) is 14.1. The van der Waals surface area contributed by atoms with Gasteiger partial charge in [0.1, 0.15) is 0 Å². The summed E-state index contributed by atoms with van der Waals surface area (Å²) in [4.78, 5) is 12.4. The molecule has 0 saturated carbocycles. The molecule has 2 heterocycles. The second-order valence-corrected chi connectivity index (χ2v) is 9.10. The number of piperidine rings is 1. The summed E-state index contributed by atoms with van der Waals surface area (Å²) in [5.74, 6) is 0.839. The molecule has 0 radical (unpaired) electrons. The van der Waals surface area contributed by atoms with Crippen LogP contribution in [-0.4, -0.2) is 56.0 Å². The average molecular weight is 343 g/mol. The molecule has 2 N–H and O–H groups in total. The zero-order valence-electron chi connectivity index (χ0n) is 11.7. The fraction of sp³-hybridized carbons (Fsp3) is 0.917. The Bertz CT molecular complexity index is 430. The Kier molecular flexibility index (Phi) is 6.63. The molecule has 1 atom stereocenters. The molecule has 118 valence electrons. The van der Waals surface area contributed by atoms with E-state index in [0.717, 1.165) is 12.2 Å². The predicted molar refractivity (Wildman–Crippen MR) is 85.4 cm³/mol. The summed E-state index contributed by atoms with van der Waals surface area (Å²) in [7, 11) is -3.39. The minimum Gasteiger partial charge on any atom is -0.354 e. The Morgan fingerprint density at radius 2 is 2.05 bits per heavy atom. The monoisotopic (exact) mass is 342 g/mol. The van der Waals surface area contributed by atoms with Crippen LogP contribution in [-0.2, 0) is 14.6 Å². The lowest BCUT2D eigenvalue weighted by Gasteiger charge is -2.34. The second kappa shape index (κ2) is 7.33. The summed E-state index contributed by atoms with van der Waals surface area (Å²) in [6.45, 7) is 1.76. The Labute approximate surface area is 131 Å². The number of rotatable bonds is 4.